The van der Waals surface area contributed by atoms with Crippen molar-refractivity contribution in [3.63, 3.8) is 0 Å². The van der Waals surface area contributed by atoms with E-state index in [1.54, 1.807) is 27.7 Å². The van der Waals surface area contributed by atoms with Gasteiger partial charge in [0.05, 0.1) is 33.7 Å². The van der Waals surface area contributed by atoms with Gasteiger partial charge in [-0.15, -0.1) is 0 Å². The lowest BCUT2D eigenvalue weighted by Crippen LogP contribution is -2.37. The van der Waals surface area contributed by atoms with E-state index in [2.05, 4.69) is 20.5 Å². The standard InChI is InChI=1S/C19H20ClF2N5O3/c1-9(24-18(29)30-19(2,3)4)16-25-11-6-5-10(20)13(15(21)22)14(11)17(28)27(16)12-7-8-23-26-12/h5-9,15H,1-4H3,(H,23,26)(H,24,29)/t9-/m0/s1. The van der Waals surface area contributed by atoms with Crippen LogP contribution < -0.4 is 10.9 Å². The molecule has 0 aliphatic heterocycles. The number of hydrogen-bond donors (Lipinski definition) is 2. The van der Waals surface area contributed by atoms with Crippen LogP contribution in [0.1, 0.15) is 51.6 Å². The number of aromatic nitrogens is 4. The Hall–Kier alpha value is -3.01. The maximum absolute atomic E-state index is 13.6. The third kappa shape index (κ3) is 4.28. The lowest BCUT2D eigenvalue weighted by molar-refractivity contribution is 0.0505. The van der Waals surface area contributed by atoms with Crippen molar-refractivity contribution < 1.29 is 18.3 Å². The van der Waals surface area contributed by atoms with E-state index < -0.39 is 35.3 Å². The predicted octanol–water partition coefficient (Wildman–Crippen LogP) is 4.29. The molecule has 0 aliphatic rings. The summed E-state index contributed by atoms with van der Waals surface area (Å²) in [5.74, 6) is 0.299. The van der Waals surface area contributed by atoms with Crippen LogP contribution in [0.3, 0.4) is 0 Å². The first-order valence-corrected chi connectivity index (χ1v) is 9.40. The van der Waals surface area contributed by atoms with Crippen LogP contribution >= 0.6 is 11.6 Å². The Morgan fingerprint density at radius 1 is 1.30 bits per heavy atom. The maximum atomic E-state index is 13.6. The second-order valence-corrected chi connectivity index (χ2v) is 7.98. The summed E-state index contributed by atoms with van der Waals surface area (Å²) >= 11 is 5.93. The van der Waals surface area contributed by atoms with E-state index in [9.17, 15) is 18.4 Å². The van der Waals surface area contributed by atoms with Gasteiger partial charge in [0, 0.05) is 6.07 Å². The van der Waals surface area contributed by atoms with E-state index in [0.717, 1.165) is 4.57 Å². The fraction of sp³-hybridized carbons (Fsp3) is 0.368. The monoisotopic (exact) mass is 439 g/mol. The molecule has 0 fully saturated rings. The van der Waals surface area contributed by atoms with Crippen molar-refractivity contribution in [3.8, 4) is 5.82 Å². The first kappa shape index (κ1) is 21.7. The third-order valence-corrected chi connectivity index (χ3v) is 4.45. The van der Waals surface area contributed by atoms with E-state index in [1.807, 2.05) is 0 Å². The van der Waals surface area contributed by atoms with Crippen molar-refractivity contribution in [2.24, 2.45) is 0 Å². The fourth-order valence-corrected chi connectivity index (χ4v) is 3.19. The number of nitrogens with zero attached hydrogens (tertiary/aromatic N) is 3. The second kappa shape index (κ2) is 8.02. The molecule has 0 aliphatic carbocycles. The normalized spacial score (nSPS) is 12.9. The molecule has 0 saturated carbocycles. The van der Waals surface area contributed by atoms with Crippen molar-refractivity contribution in [3.05, 3.63) is 51.2 Å². The fourth-order valence-electron chi connectivity index (χ4n) is 2.95. The summed E-state index contributed by atoms with van der Waals surface area (Å²) in [6.45, 7) is 6.72. The summed E-state index contributed by atoms with van der Waals surface area (Å²) < 4.78 is 33.6. The number of H-pyrrole nitrogens is 1. The Morgan fingerprint density at radius 2 is 2.00 bits per heavy atom. The van der Waals surface area contributed by atoms with Gasteiger partial charge in [0.25, 0.3) is 12.0 Å². The smallest absolute Gasteiger partial charge is 0.408 e. The van der Waals surface area contributed by atoms with Crippen LogP contribution in [0, 0.1) is 0 Å². The molecule has 0 unspecified atom stereocenters. The number of fused-ring (bicyclic) bond motifs is 1. The number of aromatic amines is 1. The molecule has 2 N–H and O–H groups in total. The van der Waals surface area contributed by atoms with Gasteiger partial charge in [0.1, 0.15) is 17.2 Å². The van der Waals surface area contributed by atoms with Crippen LogP contribution in [-0.2, 0) is 4.74 Å². The highest BCUT2D eigenvalue weighted by atomic mass is 35.5. The molecule has 0 spiro atoms. The number of alkyl carbamates (subject to hydrolysis) is 1. The Labute approximate surface area is 175 Å². The second-order valence-electron chi connectivity index (χ2n) is 7.58. The molecule has 3 aromatic rings. The minimum absolute atomic E-state index is 0.0308. The van der Waals surface area contributed by atoms with Gasteiger partial charge >= 0.3 is 6.09 Å². The van der Waals surface area contributed by atoms with Crippen LogP contribution in [0.4, 0.5) is 13.6 Å². The molecule has 0 saturated heterocycles. The Balaban J connectivity index is 2.22. The number of benzene rings is 1. The van der Waals surface area contributed by atoms with Gasteiger partial charge < -0.3 is 10.1 Å². The third-order valence-electron chi connectivity index (χ3n) is 4.12. The molecular weight excluding hydrogens is 420 g/mol. The Bertz CT molecular complexity index is 1140. The molecule has 160 valence electrons. The van der Waals surface area contributed by atoms with Crippen LogP contribution in [-0.4, -0.2) is 31.4 Å². The summed E-state index contributed by atoms with van der Waals surface area (Å²) in [5.41, 5.74) is -2.07. The Kier molecular flexibility index (Phi) is 5.80. The van der Waals surface area contributed by atoms with Crippen LogP contribution in [0.2, 0.25) is 5.02 Å². The van der Waals surface area contributed by atoms with Gasteiger partial charge in [-0.2, -0.15) is 5.10 Å². The SMILES string of the molecule is C[C@H](NC(=O)OC(C)(C)C)c1nc2ccc(Cl)c(C(F)F)c2c(=O)n1-c1ccn[nH]1. The van der Waals surface area contributed by atoms with Gasteiger partial charge in [0.2, 0.25) is 0 Å². The summed E-state index contributed by atoms with van der Waals surface area (Å²) in [4.78, 5) is 29.9. The number of halogens is 3. The largest absolute Gasteiger partial charge is 0.444 e. The molecule has 1 atom stereocenters. The number of alkyl halides is 2. The van der Waals surface area contributed by atoms with Crippen molar-refractivity contribution in [2.45, 2.75) is 45.8 Å². The lowest BCUT2D eigenvalue weighted by atomic mass is 10.1. The van der Waals surface area contributed by atoms with E-state index in [-0.39, 0.29) is 27.6 Å². The highest BCUT2D eigenvalue weighted by Crippen LogP contribution is 2.32. The number of amides is 1. The number of nitrogens with one attached hydrogen (secondary N) is 2. The quantitative estimate of drug-likeness (QED) is 0.631. The van der Waals surface area contributed by atoms with Crippen LogP contribution in [0.25, 0.3) is 16.7 Å². The first-order valence-electron chi connectivity index (χ1n) is 9.02. The van der Waals surface area contributed by atoms with Crippen molar-refractivity contribution in [1.82, 2.24) is 25.1 Å². The van der Waals surface area contributed by atoms with Crippen LogP contribution in [0.5, 0.6) is 0 Å². The highest BCUT2D eigenvalue weighted by molar-refractivity contribution is 6.32. The molecule has 0 radical (unpaired) electrons. The highest BCUT2D eigenvalue weighted by Gasteiger charge is 2.26. The number of ether oxygens (including phenoxy) is 1. The summed E-state index contributed by atoms with van der Waals surface area (Å²) in [5, 5.41) is 8.49. The van der Waals surface area contributed by atoms with Crippen molar-refractivity contribution in [1.29, 1.82) is 0 Å². The Morgan fingerprint density at radius 3 is 2.57 bits per heavy atom. The number of hydrogen-bond acceptors (Lipinski definition) is 5. The number of rotatable bonds is 4. The average molecular weight is 440 g/mol. The average Bonchev–Trinajstić information content (AvgIpc) is 3.13. The van der Waals surface area contributed by atoms with E-state index in [4.69, 9.17) is 16.3 Å². The molecule has 8 nitrogen and oxygen atoms in total. The van der Waals surface area contributed by atoms with E-state index >= 15 is 0 Å². The van der Waals surface area contributed by atoms with Crippen molar-refractivity contribution in [2.75, 3.05) is 0 Å². The summed E-state index contributed by atoms with van der Waals surface area (Å²) in [6, 6.07) is 3.32. The molecule has 1 amide bonds. The van der Waals surface area contributed by atoms with E-state index in [1.165, 1.54) is 24.4 Å². The topological polar surface area (TPSA) is 102 Å². The van der Waals surface area contributed by atoms with Crippen molar-refractivity contribution >= 4 is 28.6 Å². The van der Waals surface area contributed by atoms with Gasteiger partial charge in [-0.25, -0.2) is 23.1 Å². The van der Waals surface area contributed by atoms with Gasteiger partial charge in [0.15, 0.2) is 0 Å². The molecule has 0 bridgehead atoms. The molecule has 30 heavy (non-hydrogen) atoms. The van der Waals surface area contributed by atoms with Gasteiger partial charge in [-0.1, -0.05) is 11.6 Å². The molecule has 2 heterocycles. The zero-order valence-electron chi connectivity index (χ0n) is 16.7. The number of carbonyl (C=O) groups is 1. The number of carbonyl (C=O) groups excluding carboxylic acids is 1. The minimum Gasteiger partial charge on any atom is -0.444 e. The van der Waals surface area contributed by atoms with Gasteiger partial charge in [-0.3, -0.25) is 9.89 Å². The summed E-state index contributed by atoms with van der Waals surface area (Å²) in [6.07, 6.45) is -2.30. The summed E-state index contributed by atoms with van der Waals surface area (Å²) in [7, 11) is 0. The maximum Gasteiger partial charge on any atom is 0.408 e. The lowest BCUT2D eigenvalue weighted by Gasteiger charge is -2.23. The van der Waals surface area contributed by atoms with E-state index in [0.29, 0.717) is 0 Å². The molecular formula is C19H20ClF2N5O3. The predicted molar refractivity (Wildman–Crippen MR) is 107 cm³/mol. The molecule has 2 aromatic heterocycles. The van der Waals surface area contributed by atoms with Gasteiger partial charge in [-0.05, 0) is 39.8 Å². The van der Waals surface area contributed by atoms with Crippen LogP contribution in [0.15, 0.2) is 29.2 Å². The zero-order chi connectivity index (χ0) is 22.2. The molecule has 11 heteroatoms. The zero-order valence-corrected chi connectivity index (χ0v) is 17.4. The molecule has 1 aromatic carbocycles. The minimum atomic E-state index is -2.98. The first-order chi connectivity index (χ1) is 14.0. The molecule has 3 rings (SSSR count).